The molecule has 3 unspecified atom stereocenters. The van der Waals surface area contributed by atoms with E-state index in [4.69, 9.17) is 5.73 Å². The van der Waals surface area contributed by atoms with Crippen LogP contribution in [0.1, 0.15) is 56.7 Å². The van der Waals surface area contributed by atoms with Crippen molar-refractivity contribution in [1.29, 1.82) is 0 Å². The number of aryl methyl sites for hydroxylation is 1. The second-order valence-electron chi connectivity index (χ2n) is 6.54. The van der Waals surface area contributed by atoms with Crippen molar-refractivity contribution in [1.82, 2.24) is 5.32 Å². The molecule has 116 valence electrons. The van der Waals surface area contributed by atoms with Gasteiger partial charge in [0.2, 0.25) is 5.91 Å². The van der Waals surface area contributed by atoms with Crippen molar-refractivity contribution in [3.8, 4) is 0 Å². The minimum absolute atomic E-state index is 0.0202. The molecule has 1 saturated carbocycles. The average molecular weight is 292 g/mol. The predicted octanol–water partition coefficient (Wildman–Crippen LogP) is 3.22. The fraction of sp³-hybridized carbons (Fsp3) is 0.588. The summed E-state index contributed by atoms with van der Waals surface area (Å²) in [5.41, 5.74) is 7.21. The van der Waals surface area contributed by atoms with Crippen LogP contribution in [0.2, 0.25) is 0 Å². The number of nitrogens with two attached hydrogens (primary N) is 1. The lowest BCUT2D eigenvalue weighted by molar-refractivity contribution is -0.128. The van der Waals surface area contributed by atoms with Gasteiger partial charge in [0.25, 0.3) is 0 Å². The molecule has 3 nitrogen and oxygen atoms in total. The molecule has 1 aromatic rings. The van der Waals surface area contributed by atoms with Crippen LogP contribution in [0.5, 0.6) is 0 Å². The molecule has 4 heteroatoms. The van der Waals surface area contributed by atoms with Crippen LogP contribution in [0.15, 0.2) is 18.2 Å². The molecular weight excluding hydrogens is 267 g/mol. The molecule has 1 fully saturated rings. The van der Waals surface area contributed by atoms with Gasteiger partial charge in [0.15, 0.2) is 0 Å². The van der Waals surface area contributed by atoms with Crippen molar-refractivity contribution >= 4 is 5.91 Å². The number of halogens is 1. The van der Waals surface area contributed by atoms with E-state index in [0.29, 0.717) is 5.56 Å². The maximum atomic E-state index is 13.6. The summed E-state index contributed by atoms with van der Waals surface area (Å²) in [5.74, 6) is -0.424. The zero-order valence-electron chi connectivity index (χ0n) is 13.1. The SMILES string of the molecule is Cc1ccc(C(C)NC(=O)C2CCCCC2(C)N)cc1F. The van der Waals surface area contributed by atoms with E-state index in [1.165, 1.54) is 6.07 Å². The van der Waals surface area contributed by atoms with Crippen LogP contribution in [0.3, 0.4) is 0 Å². The minimum atomic E-state index is -0.444. The first-order chi connectivity index (χ1) is 9.81. The Morgan fingerprint density at radius 3 is 2.81 bits per heavy atom. The van der Waals surface area contributed by atoms with Crippen LogP contribution >= 0.6 is 0 Å². The molecule has 3 N–H and O–H groups in total. The maximum absolute atomic E-state index is 13.6. The average Bonchev–Trinajstić information content (AvgIpc) is 2.41. The second-order valence-corrected chi connectivity index (χ2v) is 6.54. The molecule has 0 saturated heterocycles. The first-order valence-electron chi connectivity index (χ1n) is 7.66. The third kappa shape index (κ3) is 3.62. The van der Waals surface area contributed by atoms with Gasteiger partial charge in [0.05, 0.1) is 12.0 Å². The Hall–Kier alpha value is -1.42. The van der Waals surface area contributed by atoms with Gasteiger partial charge in [-0.25, -0.2) is 4.39 Å². The lowest BCUT2D eigenvalue weighted by atomic mass is 9.74. The lowest BCUT2D eigenvalue weighted by Crippen LogP contribution is -2.53. The molecule has 0 heterocycles. The number of nitrogens with one attached hydrogen (secondary N) is 1. The van der Waals surface area contributed by atoms with E-state index in [2.05, 4.69) is 5.32 Å². The summed E-state index contributed by atoms with van der Waals surface area (Å²) in [6.07, 6.45) is 3.82. The van der Waals surface area contributed by atoms with Crippen LogP contribution in [-0.4, -0.2) is 11.4 Å². The van der Waals surface area contributed by atoms with Crippen molar-refractivity contribution in [2.24, 2.45) is 11.7 Å². The molecule has 21 heavy (non-hydrogen) atoms. The summed E-state index contributed by atoms with van der Waals surface area (Å²) in [6, 6.07) is 4.86. The quantitative estimate of drug-likeness (QED) is 0.898. The molecule has 2 rings (SSSR count). The highest BCUT2D eigenvalue weighted by Gasteiger charge is 2.38. The summed E-state index contributed by atoms with van der Waals surface area (Å²) < 4.78 is 13.6. The van der Waals surface area contributed by atoms with Crippen molar-refractivity contribution < 1.29 is 9.18 Å². The van der Waals surface area contributed by atoms with Gasteiger partial charge < -0.3 is 11.1 Å². The fourth-order valence-corrected chi connectivity index (χ4v) is 3.06. The zero-order chi connectivity index (χ0) is 15.6. The Balaban J connectivity index is 2.06. The van der Waals surface area contributed by atoms with Gasteiger partial charge in [0.1, 0.15) is 5.82 Å². The second kappa shape index (κ2) is 6.14. The van der Waals surface area contributed by atoms with Crippen LogP contribution in [0.25, 0.3) is 0 Å². The van der Waals surface area contributed by atoms with Gasteiger partial charge in [-0.3, -0.25) is 4.79 Å². The zero-order valence-corrected chi connectivity index (χ0v) is 13.1. The fourth-order valence-electron chi connectivity index (χ4n) is 3.06. The molecule has 0 radical (unpaired) electrons. The third-order valence-corrected chi connectivity index (χ3v) is 4.63. The van der Waals surface area contributed by atoms with Crippen molar-refractivity contribution in [2.75, 3.05) is 0 Å². The standard InChI is InChI=1S/C17H25FN2O/c1-11-7-8-13(10-15(11)18)12(2)20-16(21)14-6-4-5-9-17(14,3)19/h7-8,10,12,14H,4-6,9,19H2,1-3H3,(H,20,21). The molecule has 1 aromatic carbocycles. The predicted molar refractivity (Wildman–Crippen MR) is 82.2 cm³/mol. The van der Waals surface area contributed by atoms with Gasteiger partial charge in [0, 0.05) is 5.54 Å². The molecule has 0 aromatic heterocycles. The monoisotopic (exact) mass is 292 g/mol. The van der Waals surface area contributed by atoms with E-state index in [1.807, 2.05) is 19.9 Å². The van der Waals surface area contributed by atoms with Gasteiger partial charge in [-0.2, -0.15) is 0 Å². The van der Waals surface area contributed by atoms with Gasteiger partial charge in [-0.15, -0.1) is 0 Å². The largest absolute Gasteiger partial charge is 0.349 e. The molecule has 3 atom stereocenters. The topological polar surface area (TPSA) is 55.1 Å². The van der Waals surface area contributed by atoms with E-state index < -0.39 is 5.54 Å². The van der Waals surface area contributed by atoms with E-state index in [1.54, 1.807) is 13.0 Å². The first-order valence-corrected chi connectivity index (χ1v) is 7.66. The van der Waals surface area contributed by atoms with Crippen molar-refractivity contribution in [3.63, 3.8) is 0 Å². The summed E-state index contributed by atoms with van der Waals surface area (Å²) in [6.45, 7) is 5.55. The smallest absolute Gasteiger partial charge is 0.225 e. The number of benzene rings is 1. The number of hydrogen-bond acceptors (Lipinski definition) is 2. The molecule has 0 bridgehead atoms. The van der Waals surface area contributed by atoms with E-state index in [9.17, 15) is 9.18 Å². The highest BCUT2D eigenvalue weighted by Crippen LogP contribution is 2.32. The molecule has 0 spiro atoms. The van der Waals surface area contributed by atoms with Crippen LogP contribution < -0.4 is 11.1 Å². The number of carbonyl (C=O) groups is 1. The van der Waals surface area contributed by atoms with Crippen molar-refractivity contribution in [3.05, 3.63) is 35.1 Å². The summed E-state index contributed by atoms with van der Waals surface area (Å²) >= 11 is 0. The van der Waals surface area contributed by atoms with Gasteiger partial charge in [-0.05, 0) is 50.8 Å². The molecule has 1 amide bonds. The minimum Gasteiger partial charge on any atom is -0.349 e. The summed E-state index contributed by atoms with van der Waals surface area (Å²) in [7, 11) is 0. The van der Waals surface area contributed by atoms with Crippen LogP contribution in [0.4, 0.5) is 4.39 Å². The Morgan fingerprint density at radius 1 is 1.48 bits per heavy atom. The third-order valence-electron chi connectivity index (χ3n) is 4.63. The molecule has 0 aliphatic heterocycles. The number of hydrogen-bond donors (Lipinski definition) is 2. The van der Waals surface area contributed by atoms with E-state index >= 15 is 0 Å². The van der Waals surface area contributed by atoms with Gasteiger partial charge in [-0.1, -0.05) is 25.0 Å². The van der Waals surface area contributed by atoms with E-state index in [0.717, 1.165) is 31.2 Å². The molecule has 1 aliphatic rings. The molecular formula is C17H25FN2O. The van der Waals surface area contributed by atoms with Crippen LogP contribution in [-0.2, 0) is 4.79 Å². The Kier molecular flexibility index (Phi) is 4.67. The first kappa shape index (κ1) is 16.0. The maximum Gasteiger partial charge on any atom is 0.225 e. The number of rotatable bonds is 3. The Labute approximate surface area is 126 Å². The Bertz CT molecular complexity index is 528. The highest BCUT2D eigenvalue weighted by molar-refractivity contribution is 5.80. The number of amides is 1. The van der Waals surface area contributed by atoms with Crippen LogP contribution in [0, 0.1) is 18.7 Å². The summed E-state index contributed by atoms with van der Waals surface area (Å²) in [4.78, 5) is 12.5. The van der Waals surface area contributed by atoms with Crippen molar-refractivity contribution in [2.45, 2.75) is 58.0 Å². The summed E-state index contributed by atoms with van der Waals surface area (Å²) in [5, 5.41) is 2.98. The lowest BCUT2D eigenvalue weighted by Gasteiger charge is -2.37. The number of carbonyl (C=O) groups excluding carboxylic acids is 1. The Morgan fingerprint density at radius 2 is 2.19 bits per heavy atom. The van der Waals surface area contributed by atoms with E-state index in [-0.39, 0.29) is 23.7 Å². The molecule has 1 aliphatic carbocycles. The van der Waals surface area contributed by atoms with Gasteiger partial charge >= 0.3 is 0 Å². The normalized spacial score (nSPS) is 27.2. The highest BCUT2D eigenvalue weighted by atomic mass is 19.1.